The molecule has 0 aromatic rings. The van der Waals surface area contributed by atoms with E-state index in [0.29, 0.717) is 5.88 Å². The predicted molar refractivity (Wildman–Crippen MR) is 47.9 cm³/mol. The van der Waals surface area contributed by atoms with E-state index < -0.39 is 0 Å². The molecule has 1 aliphatic heterocycles. The molecule has 0 N–H and O–H groups in total. The summed E-state index contributed by atoms with van der Waals surface area (Å²) in [6.07, 6.45) is 5.71. The quantitative estimate of drug-likeness (QED) is 0.462. The molecular weight excluding hydrogens is 158 g/mol. The number of fused-ring (bicyclic) bond motifs is 1. The Morgan fingerprint density at radius 2 is 2.00 bits per heavy atom. The van der Waals surface area contributed by atoms with Crippen LogP contribution in [0.5, 0.6) is 0 Å². The minimum Gasteiger partial charge on any atom is -0.299 e. The van der Waals surface area contributed by atoms with Crippen molar-refractivity contribution in [1.29, 1.82) is 0 Å². The largest absolute Gasteiger partial charge is 0.299 e. The van der Waals surface area contributed by atoms with Crippen LogP contribution in [0.3, 0.4) is 0 Å². The van der Waals surface area contributed by atoms with Crippen LogP contribution < -0.4 is 0 Å². The minimum absolute atomic E-state index is 0.653. The Bertz CT molecular complexity index is 157. The van der Waals surface area contributed by atoms with E-state index in [4.69, 9.17) is 11.6 Å². The molecule has 2 unspecified atom stereocenters. The summed E-state index contributed by atoms with van der Waals surface area (Å²) in [4.78, 5) is 2.52. The highest BCUT2D eigenvalue weighted by atomic mass is 35.5. The van der Waals surface area contributed by atoms with Gasteiger partial charge in [-0.1, -0.05) is 12.2 Å². The van der Waals surface area contributed by atoms with E-state index in [2.05, 4.69) is 11.0 Å². The summed E-state index contributed by atoms with van der Waals surface area (Å²) in [7, 11) is 0. The third kappa shape index (κ3) is 1.77. The number of nitrogens with zero attached hydrogens (tertiary/aromatic N) is 1. The van der Waals surface area contributed by atoms with Crippen LogP contribution in [0.1, 0.15) is 6.42 Å². The standard InChI is InChI=1S/C9H14ClN/c10-3-1-2-4-11-6-8-5-9(8)7-11/h1-2,8-9H,3-7H2/b2-1+. The van der Waals surface area contributed by atoms with Gasteiger partial charge in [0.1, 0.15) is 0 Å². The minimum atomic E-state index is 0.653. The van der Waals surface area contributed by atoms with E-state index in [9.17, 15) is 0 Å². The van der Waals surface area contributed by atoms with Crippen LogP contribution in [-0.2, 0) is 0 Å². The third-order valence-electron chi connectivity index (χ3n) is 2.67. The van der Waals surface area contributed by atoms with Crippen molar-refractivity contribution in [1.82, 2.24) is 4.90 Å². The molecule has 1 saturated heterocycles. The van der Waals surface area contributed by atoms with Gasteiger partial charge in [-0.15, -0.1) is 11.6 Å². The molecule has 0 aromatic carbocycles. The molecule has 0 radical (unpaired) electrons. The summed E-state index contributed by atoms with van der Waals surface area (Å²) in [6, 6.07) is 0. The van der Waals surface area contributed by atoms with Crippen molar-refractivity contribution in [3.63, 3.8) is 0 Å². The van der Waals surface area contributed by atoms with Crippen LogP contribution >= 0.6 is 11.6 Å². The van der Waals surface area contributed by atoms with Crippen LogP contribution in [0, 0.1) is 11.8 Å². The lowest BCUT2D eigenvalue weighted by molar-refractivity contribution is 0.337. The maximum atomic E-state index is 5.52. The monoisotopic (exact) mass is 171 g/mol. The molecule has 62 valence electrons. The van der Waals surface area contributed by atoms with Gasteiger partial charge in [-0.25, -0.2) is 0 Å². The van der Waals surface area contributed by atoms with Crippen LogP contribution in [0.15, 0.2) is 12.2 Å². The summed E-state index contributed by atoms with van der Waals surface area (Å²) >= 11 is 5.52. The molecule has 2 heteroatoms. The van der Waals surface area contributed by atoms with Gasteiger partial charge in [-0.2, -0.15) is 0 Å². The number of rotatable bonds is 3. The topological polar surface area (TPSA) is 3.24 Å². The Kier molecular flexibility index (Phi) is 2.19. The summed E-state index contributed by atoms with van der Waals surface area (Å²) in [5.41, 5.74) is 0. The Morgan fingerprint density at radius 3 is 2.64 bits per heavy atom. The van der Waals surface area contributed by atoms with E-state index in [1.165, 1.54) is 19.5 Å². The lowest BCUT2D eigenvalue weighted by Crippen LogP contribution is -2.22. The highest BCUT2D eigenvalue weighted by Crippen LogP contribution is 2.44. The van der Waals surface area contributed by atoms with Gasteiger partial charge in [0, 0.05) is 25.5 Å². The van der Waals surface area contributed by atoms with E-state index in [-0.39, 0.29) is 0 Å². The van der Waals surface area contributed by atoms with Crippen LogP contribution in [0.2, 0.25) is 0 Å². The second kappa shape index (κ2) is 3.16. The molecule has 1 saturated carbocycles. The maximum absolute atomic E-state index is 5.52. The van der Waals surface area contributed by atoms with E-state index in [1.54, 1.807) is 0 Å². The molecule has 2 atom stereocenters. The average Bonchev–Trinajstić information content (AvgIpc) is 2.61. The van der Waals surface area contributed by atoms with Gasteiger partial charge in [0.25, 0.3) is 0 Å². The highest BCUT2D eigenvalue weighted by Gasteiger charge is 2.44. The van der Waals surface area contributed by atoms with Gasteiger partial charge in [-0.05, 0) is 18.3 Å². The first-order valence-corrected chi connectivity index (χ1v) is 4.87. The fourth-order valence-electron chi connectivity index (χ4n) is 1.93. The number of likely N-dealkylation sites (tertiary alicyclic amines) is 1. The van der Waals surface area contributed by atoms with Gasteiger partial charge in [0.05, 0.1) is 0 Å². The fourth-order valence-corrected chi connectivity index (χ4v) is 2.06. The Balaban J connectivity index is 1.68. The van der Waals surface area contributed by atoms with Gasteiger partial charge in [-0.3, -0.25) is 4.90 Å². The van der Waals surface area contributed by atoms with Gasteiger partial charge >= 0.3 is 0 Å². The van der Waals surface area contributed by atoms with Crippen molar-refractivity contribution in [3.05, 3.63) is 12.2 Å². The van der Waals surface area contributed by atoms with E-state index in [1.807, 2.05) is 6.08 Å². The second-order valence-corrected chi connectivity index (χ2v) is 3.91. The first-order chi connectivity index (χ1) is 5.40. The molecule has 2 fully saturated rings. The van der Waals surface area contributed by atoms with Crippen LogP contribution in [0.4, 0.5) is 0 Å². The number of piperidine rings is 1. The van der Waals surface area contributed by atoms with Crippen molar-refractivity contribution >= 4 is 11.6 Å². The molecule has 2 rings (SSSR count). The predicted octanol–water partition coefficient (Wildman–Crippen LogP) is 1.73. The smallest absolute Gasteiger partial charge is 0.0404 e. The van der Waals surface area contributed by atoms with Crippen molar-refractivity contribution < 1.29 is 0 Å². The molecule has 0 bridgehead atoms. The van der Waals surface area contributed by atoms with Crippen molar-refractivity contribution in [3.8, 4) is 0 Å². The Morgan fingerprint density at radius 1 is 1.27 bits per heavy atom. The molecule has 2 aliphatic rings. The number of allylic oxidation sites excluding steroid dienone is 1. The SMILES string of the molecule is ClC/C=C/CN1CC2CC2C1. The van der Waals surface area contributed by atoms with Gasteiger partial charge in [0.2, 0.25) is 0 Å². The first kappa shape index (κ1) is 7.63. The first-order valence-electron chi connectivity index (χ1n) is 4.33. The van der Waals surface area contributed by atoms with Crippen molar-refractivity contribution in [2.75, 3.05) is 25.5 Å². The lowest BCUT2D eigenvalue weighted by atomic mass is 10.4. The molecular formula is C9H14ClN. The van der Waals surface area contributed by atoms with Gasteiger partial charge in [0.15, 0.2) is 0 Å². The zero-order valence-corrected chi connectivity index (χ0v) is 7.43. The average molecular weight is 172 g/mol. The third-order valence-corrected chi connectivity index (χ3v) is 2.85. The molecule has 1 nitrogen and oxygen atoms in total. The Labute approximate surface area is 73.0 Å². The summed E-state index contributed by atoms with van der Waals surface area (Å²) in [5, 5.41) is 0. The summed E-state index contributed by atoms with van der Waals surface area (Å²) < 4.78 is 0. The van der Waals surface area contributed by atoms with Crippen LogP contribution in [0.25, 0.3) is 0 Å². The van der Waals surface area contributed by atoms with Gasteiger partial charge < -0.3 is 0 Å². The fraction of sp³-hybridized carbons (Fsp3) is 0.778. The molecule has 0 spiro atoms. The molecule has 11 heavy (non-hydrogen) atoms. The zero-order chi connectivity index (χ0) is 7.68. The summed E-state index contributed by atoms with van der Waals surface area (Å²) in [5.74, 6) is 2.76. The number of alkyl halides is 1. The number of halogens is 1. The summed E-state index contributed by atoms with van der Waals surface area (Å²) in [6.45, 7) is 3.77. The molecule has 1 heterocycles. The number of hydrogen-bond acceptors (Lipinski definition) is 1. The highest BCUT2D eigenvalue weighted by molar-refractivity contribution is 6.18. The normalized spacial score (nSPS) is 36.5. The van der Waals surface area contributed by atoms with Crippen LogP contribution in [-0.4, -0.2) is 30.4 Å². The lowest BCUT2D eigenvalue weighted by Gasteiger charge is -2.13. The second-order valence-electron chi connectivity index (χ2n) is 3.60. The maximum Gasteiger partial charge on any atom is 0.0404 e. The Hall–Kier alpha value is -0.0100. The van der Waals surface area contributed by atoms with E-state index in [0.717, 1.165) is 18.4 Å². The molecule has 0 amide bonds. The zero-order valence-electron chi connectivity index (χ0n) is 6.67. The molecule has 0 aromatic heterocycles. The van der Waals surface area contributed by atoms with E-state index >= 15 is 0 Å². The molecule has 1 aliphatic carbocycles. The number of hydrogen-bond donors (Lipinski definition) is 0. The van der Waals surface area contributed by atoms with Crippen molar-refractivity contribution in [2.45, 2.75) is 6.42 Å². The van der Waals surface area contributed by atoms with Crippen molar-refractivity contribution in [2.24, 2.45) is 11.8 Å².